The normalized spacial score (nSPS) is 11.6. The van der Waals surface area contributed by atoms with Crippen LogP contribution in [0.1, 0.15) is 20.7 Å². The van der Waals surface area contributed by atoms with E-state index in [0.717, 1.165) is 41.7 Å². The number of anilines is 2. The largest absolute Gasteiger partial charge is 0.573 e. The Bertz CT molecular complexity index is 1320. The van der Waals surface area contributed by atoms with Gasteiger partial charge in [0.1, 0.15) is 5.75 Å². The van der Waals surface area contributed by atoms with E-state index in [0.29, 0.717) is 5.56 Å². The molecule has 0 bridgehead atoms. The second-order valence-electron chi connectivity index (χ2n) is 7.64. The van der Waals surface area contributed by atoms with Crippen LogP contribution in [-0.2, 0) is 10.0 Å². The zero-order valence-electron chi connectivity index (χ0n) is 19.1. The summed E-state index contributed by atoms with van der Waals surface area (Å²) in [7, 11) is -0.324. The highest BCUT2D eigenvalue weighted by molar-refractivity contribution is 8.14. The second-order valence-corrected chi connectivity index (χ2v) is 10.3. The van der Waals surface area contributed by atoms with E-state index in [9.17, 15) is 31.2 Å². The van der Waals surface area contributed by atoms with Crippen molar-refractivity contribution in [1.82, 2.24) is 0 Å². The third-order valence-corrected chi connectivity index (χ3v) is 7.08. The molecule has 0 unspecified atom stereocenters. The van der Waals surface area contributed by atoms with Gasteiger partial charge in [-0.1, -0.05) is 11.8 Å². The Hall–Kier alpha value is -3.51. The fraction of sp³-hybridized carbons (Fsp3) is 0.167. The molecular weight excluding hydrogens is 517 g/mol. The van der Waals surface area contributed by atoms with Gasteiger partial charge in [-0.2, -0.15) is 0 Å². The summed E-state index contributed by atoms with van der Waals surface area (Å²) in [6.45, 7) is 0. The van der Waals surface area contributed by atoms with E-state index < -0.39 is 22.1 Å². The van der Waals surface area contributed by atoms with Gasteiger partial charge >= 0.3 is 6.36 Å². The number of Topliss-reactive ketones (excluding diaryl/α,β-unsaturated/α-hetero) is 1. The molecule has 190 valence electrons. The molecule has 7 nitrogen and oxygen atoms in total. The highest BCUT2D eigenvalue weighted by atomic mass is 32.2. The maximum atomic E-state index is 12.5. The van der Waals surface area contributed by atoms with Crippen LogP contribution in [0.5, 0.6) is 5.75 Å². The lowest BCUT2D eigenvalue weighted by Gasteiger charge is -2.12. The quantitative estimate of drug-likeness (QED) is 0.374. The predicted octanol–water partition coefficient (Wildman–Crippen LogP) is 5.21. The number of thioether (sulfide) groups is 1. The van der Waals surface area contributed by atoms with Gasteiger partial charge in [0.25, 0.3) is 10.0 Å². The molecule has 0 aliphatic carbocycles. The van der Waals surface area contributed by atoms with Gasteiger partial charge < -0.3 is 9.64 Å². The number of ether oxygens (including phenoxy) is 1. The predicted molar refractivity (Wildman–Crippen MR) is 132 cm³/mol. The number of sulfonamides is 1. The number of hydrogen-bond acceptors (Lipinski definition) is 7. The average Bonchev–Trinajstić information content (AvgIpc) is 2.82. The van der Waals surface area contributed by atoms with E-state index in [1.807, 2.05) is 19.0 Å². The number of rotatable bonds is 9. The fourth-order valence-corrected chi connectivity index (χ4v) is 4.74. The smallest absolute Gasteiger partial charge is 0.406 e. The monoisotopic (exact) mass is 538 g/mol. The summed E-state index contributed by atoms with van der Waals surface area (Å²) in [5, 5.41) is -0.246. The number of carbonyl (C=O) groups excluding carboxylic acids is 2. The third-order valence-electron chi connectivity index (χ3n) is 4.78. The molecular formula is C24H21F3N2O5S2. The van der Waals surface area contributed by atoms with Gasteiger partial charge in [0.05, 0.1) is 10.6 Å². The minimum Gasteiger partial charge on any atom is -0.406 e. The summed E-state index contributed by atoms with van der Waals surface area (Å²) < 4.78 is 67.8. The van der Waals surface area contributed by atoms with Crippen LogP contribution in [0.15, 0.2) is 77.7 Å². The first-order valence-corrected chi connectivity index (χ1v) is 12.8. The Morgan fingerprint density at radius 1 is 0.889 bits per heavy atom. The molecule has 0 aromatic heterocycles. The molecule has 0 saturated carbocycles. The molecule has 0 amide bonds. The fourth-order valence-electron chi connectivity index (χ4n) is 2.95. The van der Waals surface area contributed by atoms with Crippen LogP contribution in [0.3, 0.4) is 0 Å². The van der Waals surface area contributed by atoms with E-state index in [-0.39, 0.29) is 32.8 Å². The molecule has 12 heteroatoms. The Kier molecular flexibility index (Phi) is 8.31. The van der Waals surface area contributed by atoms with E-state index in [1.54, 1.807) is 24.3 Å². The summed E-state index contributed by atoms with van der Waals surface area (Å²) in [5.74, 6) is -0.953. The summed E-state index contributed by atoms with van der Waals surface area (Å²) >= 11 is 0.868. The highest BCUT2D eigenvalue weighted by Gasteiger charge is 2.31. The van der Waals surface area contributed by atoms with Gasteiger partial charge in [0.15, 0.2) is 5.78 Å². The lowest BCUT2D eigenvalue weighted by Crippen LogP contribution is -2.17. The zero-order valence-corrected chi connectivity index (χ0v) is 20.7. The molecule has 0 spiro atoms. The number of carbonyl (C=O) groups is 2. The molecule has 0 fully saturated rings. The van der Waals surface area contributed by atoms with E-state index >= 15 is 0 Å². The summed E-state index contributed by atoms with van der Waals surface area (Å²) in [5.41, 5.74) is 1.85. The third kappa shape index (κ3) is 7.49. The summed E-state index contributed by atoms with van der Waals surface area (Å²) in [6, 6.07) is 16.3. The molecule has 3 aromatic rings. The molecule has 0 radical (unpaired) electrons. The van der Waals surface area contributed by atoms with E-state index in [1.165, 1.54) is 24.3 Å². The minimum atomic E-state index is -4.89. The van der Waals surface area contributed by atoms with Gasteiger partial charge in [0, 0.05) is 36.6 Å². The zero-order chi connectivity index (χ0) is 26.5. The summed E-state index contributed by atoms with van der Waals surface area (Å²) in [6.07, 6.45) is -4.89. The van der Waals surface area contributed by atoms with Crippen LogP contribution in [-0.4, -0.2) is 45.5 Å². The van der Waals surface area contributed by atoms with Gasteiger partial charge in [-0.05, 0) is 72.8 Å². The Morgan fingerprint density at radius 3 is 1.97 bits per heavy atom. The van der Waals surface area contributed by atoms with Crippen molar-refractivity contribution in [3.8, 4) is 5.75 Å². The number of halogens is 3. The first-order valence-electron chi connectivity index (χ1n) is 10.3. The van der Waals surface area contributed by atoms with Crippen LogP contribution < -0.4 is 14.4 Å². The lowest BCUT2D eigenvalue weighted by molar-refractivity contribution is -0.274. The van der Waals surface area contributed by atoms with E-state index in [4.69, 9.17) is 0 Å². The van der Waals surface area contributed by atoms with Gasteiger partial charge in [-0.15, -0.1) is 13.2 Å². The maximum absolute atomic E-state index is 12.5. The van der Waals surface area contributed by atoms with Crippen LogP contribution in [0, 0.1) is 0 Å². The van der Waals surface area contributed by atoms with Gasteiger partial charge in [-0.3, -0.25) is 14.3 Å². The molecule has 0 aliphatic rings. The van der Waals surface area contributed by atoms with Crippen LogP contribution in [0.25, 0.3) is 0 Å². The molecule has 1 N–H and O–H groups in total. The van der Waals surface area contributed by atoms with Crippen molar-refractivity contribution in [2.24, 2.45) is 0 Å². The topological polar surface area (TPSA) is 92.8 Å². The van der Waals surface area contributed by atoms with Gasteiger partial charge in [0.2, 0.25) is 5.12 Å². The van der Waals surface area contributed by atoms with Crippen molar-refractivity contribution in [3.63, 3.8) is 0 Å². The van der Waals surface area contributed by atoms with Crippen molar-refractivity contribution >= 4 is 44.1 Å². The molecule has 0 heterocycles. The number of alkyl halides is 3. The van der Waals surface area contributed by atoms with Crippen molar-refractivity contribution in [2.75, 3.05) is 29.5 Å². The van der Waals surface area contributed by atoms with E-state index in [2.05, 4.69) is 9.46 Å². The molecule has 36 heavy (non-hydrogen) atoms. The molecule has 0 saturated heterocycles. The van der Waals surface area contributed by atoms with Crippen LogP contribution >= 0.6 is 11.8 Å². The Labute approximate surface area is 210 Å². The minimum absolute atomic E-state index is 0.0916. The Balaban J connectivity index is 1.58. The molecule has 0 atom stereocenters. The highest BCUT2D eigenvalue weighted by Crippen LogP contribution is 2.25. The molecule has 3 aromatic carbocycles. The van der Waals surface area contributed by atoms with Crippen LogP contribution in [0.4, 0.5) is 24.5 Å². The van der Waals surface area contributed by atoms with Crippen LogP contribution in [0.2, 0.25) is 0 Å². The number of nitrogens with one attached hydrogen (secondary N) is 1. The number of nitrogens with zero attached hydrogens (tertiary/aromatic N) is 1. The maximum Gasteiger partial charge on any atom is 0.573 e. The van der Waals surface area contributed by atoms with Crippen molar-refractivity contribution < 1.29 is 35.9 Å². The number of ketones is 1. The van der Waals surface area contributed by atoms with Crippen molar-refractivity contribution in [3.05, 3.63) is 83.9 Å². The number of hydrogen-bond donors (Lipinski definition) is 1. The first-order chi connectivity index (χ1) is 16.8. The van der Waals surface area contributed by atoms with Crippen molar-refractivity contribution in [1.29, 1.82) is 0 Å². The Morgan fingerprint density at radius 2 is 1.44 bits per heavy atom. The molecule has 3 rings (SSSR count). The summed E-state index contributed by atoms with van der Waals surface area (Å²) in [4.78, 5) is 26.4. The molecule has 0 aliphatic heterocycles. The average molecular weight is 539 g/mol. The lowest BCUT2D eigenvalue weighted by atomic mass is 10.1. The standard InChI is InChI=1S/C24H21F3N2O5S2/c1-29(2)19-9-5-17(6-10-19)23(31)35-15-22(30)16-3-7-18(8-4-16)28-36(32,33)21-13-11-20(12-14-21)34-24(25,26)27/h3-14,28H,15H2,1-2H3. The SMILES string of the molecule is CN(C)c1ccc(C(=O)SCC(=O)c2ccc(NS(=O)(=O)c3ccc(OC(F)(F)F)cc3)cc2)cc1. The first kappa shape index (κ1) is 27.1. The number of benzene rings is 3. The van der Waals surface area contributed by atoms with Gasteiger partial charge in [-0.25, -0.2) is 8.42 Å². The van der Waals surface area contributed by atoms with Crippen molar-refractivity contribution in [2.45, 2.75) is 11.3 Å². The second kappa shape index (κ2) is 11.0.